The quantitative estimate of drug-likeness (QED) is 0.451. The Morgan fingerprint density at radius 3 is 2.10 bits per heavy atom. The molecule has 0 bridgehead atoms. The van der Waals surface area contributed by atoms with E-state index in [-0.39, 0.29) is 46.9 Å². The number of piperazine rings is 1. The molecule has 1 unspecified atom stereocenters. The van der Waals surface area contributed by atoms with Crippen LogP contribution in [0, 0.1) is 10.8 Å². The summed E-state index contributed by atoms with van der Waals surface area (Å²) >= 11 is 0. The minimum Gasteiger partial charge on any atom is -0.369 e. The number of imide groups is 2. The Kier molecular flexibility index (Phi) is 8.04. The highest BCUT2D eigenvalue weighted by Gasteiger charge is 2.53. The number of hydrogen-bond donors (Lipinski definition) is 2. The normalized spacial score (nSPS) is 24.8. The first-order valence-electron chi connectivity index (χ1n) is 17.2. The molecule has 48 heavy (non-hydrogen) atoms. The van der Waals surface area contributed by atoms with E-state index in [4.69, 9.17) is 0 Å². The predicted molar refractivity (Wildman–Crippen MR) is 180 cm³/mol. The van der Waals surface area contributed by atoms with E-state index in [0.29, 0.717) is 17.4 Å². The van der Waals surface area contributed by atoms with Gasteiger partial charge in [0.1, 0.15) is 17.6 Å². The van der Waals surface area contributed by atoms with Gasteiger partial charge in [0.05, 0.1) is 5.56 Å². The fraction of sp³-hybridized carbons (Fsp3) is 0.556. The summed E-state index contributed by atoms with van der Waals surface area (Å²) in [4.78, 5) is 75.9. The average Bonchev–Trinajstić information content (AvgIpc) is 3.31. The maximum absolute atomic E-state index is 13.2. The zero-order valence-electron chi connectivity index (χ0n) is 28.3. The van der Waals surface area contributed by atoms with Gasteiger partial charge < -0.3 is 15.1 Å². The number of piperidine rings is 2. The van der Waals surface area contributed by atoms with E-state index in [2.05, 4.69) is 70.1 Å². The van der Waals surface area contributed by atoms with Crippen molar-refractivity contribution in [1.82, 2.24) is 25.4 Å². The van der Waals surface area contributed by atoms with Gasteiger partial charge in [0.25, 0.3) is 17.7 Å². The first-order chi connectivity index (χ1) is 22.8. The zero-order valence-corrected chi connectivity index (χ0v) is 28.3. The topological polar surface area (TPSA) is 135 Å². The number of nitrogens with zero attached hydrogens (tertiary/aromatic N) is 5. The summed E-state index contributed by atoms with van der Waals surface area (Å²) in [5, 5.41) is 5.50. The van der Waals surface area contributed by atoms with Crippen molar-refractivity contribution in [3.8, 4) is 0 Å². The molecular formula is C36H45N7O5. The molecule has 5 aliphatic rings. The molecule has 12 nitrogen and oxygen atoms in total. The Hall–Kier alpha value is -4.32. The number of rotatable bonds is 6. The Labute approximate surface area is 281 Å². The van der Waals surface area contributed by atoms with Crippen LogP contribution in [0.2, 0.25) is 0 Å². The second-order valence-electron chi connectivity index (χ2n) is 15.4. The fourth-order valence-electron chi connectivity index (χ4n) is 9.05. The van der Waals surface area contributed by atoms with Crippen LogP contribution in [0.4, 0.5) is 11.5 Å². The van der Waals surface area contributed by atoms with Crippen LogP contribution in [0.5, 0.6) is 0 Å². The number of benzene rings is 1. The molecule has 7 rings (SSSR count). The summed E-state index contributed by atoms with van der Waals surface area (Å²) < 4.78 is 0. The van der Waals surface area contributed by atoms with E-state index < -0.39 is 29.7 Å². The number of aromatic nitrogens is 1. The molecule has 5 amide bonds. The molecule has 1 aliphatic carbocycles. The van der Waals surface area contributed by atoms with Crippen molar-refractivity contribution in [2.75, 3.05) is 49.1 Å². The molecule has 4 aliphatic heterocycles. The molecule has 5 heterocycles. The van der Waals surface area contributed by atoms with Crippen molar-refractivity contribution in [3.63, 3.8) is 0 Å². The minimum absolute atomic E-state index is 0.00654. The smallest absolute Gasteiger partial charge is 0.281 e. The first-order valence-corrected chi connectivity index (χ1v) is 17.2. The second-order valence-corrected chi connectivity index (χ2v) is 15.4. The zero-order chi connectivity index (χ0) is 34.0. The molecule has 254 valence electrons. The van der Waals surface area contributed by atoms with Crippen molar-refractivity contribution >= 4 is 41.0 Å². The average molecular weight is 656 g/mol. The van der Waals surface area contributed by atoms with E-state index >= 15 is 0 Å². The van der Waals surface area contributed by atoms with Gasteiger partial charge in [-0.1, -0.05) is 27.7 Å². The molecule has 4 fully saturated rings. The summed E-state index contributed by atoms with van der Waals surface area (Å²) in [5.41, 5.74) is 2.32. The standard InChI is InChI=1S/C36H45N7O5/c1-35(2)21-36(3,4)34(35)39-30(45)22-5-7-23(8-6-22)40-17-19-41(20-18-40)24-13-15-42(16-14-24)27-11-9-25-29(37-27)33(48)43(32(25)47)26-10-12-28(44)38-31(26)46/h5-9,11,24,26,34H,10,12-21H2,1-4H3,(H,39,45)(H,38,44,46). The Morgan fingerprint density at radius 2 is 1.48 bits per heavy atom. The minimum atomic E-state index is -1.00. The van der Waals surface area contributed by atoms with Gasteiger partial charge in [-0.15, -0.1) is 0 Å². The fourth-order valence-corrected chi connectivity index (χ4v) is 9.05. The lowest BCUT2D eigenvalue weighted by Gasteiger charge is -2.57. The van der Waals surface area contributed by atoms with Gasteiger partial charge in [0, 0.05) is 69.0 Å². The van der Waals surface area contributed by atoms with E-state index in [9.17, 15) is 24.0 Å². The number of pyridine rings is 1. The van der Waals surface area contributed by atoms with E-state index in [1.807, 2.05) is 12.1 Å². The SMILES string of the molecule is CC1(C)CC(C)(C)C1NC(=O)c1ccc(N2CCN(C3CCN(c4ccc5c(n4)C(=O)N(C4CCC(=O)NC4=O)C5=O)CC3)CC2)cc1. The van der Waals surface area contributed by atoms with Crippen molar-refractivity contribution < 1.29 is 24.0 Å². The molecule has 2 N–H and O–H groups in total. The number of hydrogen-bond acceptors (Lipinski definition) is 9. The van der Waals surface area contributed by atoms with Gasteiger partial charge in [-0.05, 0) is 72.9 Å². The lowest BCUT2D eigenvalue weighted by Crippen LogP contribution is -2.63. The van der Waals surface area contributed by atoms with Crippen LogP contribution in [0.25, 0.3) is 0 Å². The number of carbonyl (C=O) groups excluding carboxylic acids is 5. The molecule has 1 atom stereocenters. The summed E-state index contributed by atoms with van der Waals surface area (Å²) in [7, 11) is 0. The summed E-state index contributed by atoms with van der Waals surface area (Å²) in [5.74, 6) is -1.51. The highest BCUT2D eigenvalue weighted by atomic mass is 16.2. The van der Waals surface area contributed by atoms with Crippen LogP contribution in [0.15, 0.2) is 36.4 Å². The van der Waals surface area contributed by atoms with Crippen molar-refractivity contribution in [1.29, 1.82) is 0 Å². The highest BCUT2D eigenvalue weighted by molar-refractivity contribution is 6.22. The third-order valence-electron chi connectivity index (χ3n) is 11.1. The van der Waals surface area contributed by atoms with Gasteiger partial charge >= 0.3 is 0 Å². The van der Waals surface area contributed by atoms with Crippen LogP contribution >= 0.6 is 0 Å². The van der Waals surface area contributed by atoms with Crippen LogP contribution in [-0.4, -0.2) is 102 Å². The molecular weight excluding hydrogens is 610 g/mol. The molecule has 1 aromatic heterocycles. The first kappa shape index (κ1) is 32.2. The lowest BCUT2D eigenvalue weighted by molar-refractivity contribution is -0.136. The molecule has 1 aromatic carbocycles. The maximum Gasteiger partial charge on any atom is 0.281 e. The van der Waals surface area contributed by atoms with Gasteiger partial charge in [0.15, 0.2) is 0 Å². The lowest BCUT2D eigenvalue weighted by atomic mass is 9.52. The summed E-state index contributed by atoms with van der Waals surface area (Å²) in [6, 6.07) is 11.0. The van der Waals surface area contributed by atoms with Crippen LogP contribution in [-0.2, 0) is 9.59 Å². The predicted octanol–water partition coefficient (Wildman–Crippen LogP) is 2.83. The molecule has 0 radical (unpaired) electrons. The highest BCUT2D eigenvalue weighted by Crippen LogP contribution is 2.53. The van der Waals surface area contributed by atoms with Crippen LogP contribution in [0.1, 0.15) is 91.0 Å². The monoisotopic (exact) mass is 655 g/mol. The Balaban J connectivity index is 0.902. The number of fused-ring (bicyclic) bond motifs is 1. The molecule has 12 heteroatoms. The number of anilines is 2. The molecule has 1 saturated carbocycles. The molecule has 3 saturated heterocycles. The van der Waals surface area contributed by atoms with E-state index in [1.165, 1.54) is 0 Å². The van der Waals surface area contributed by atoms with E-state index in [0.717, 1.165) is 69.1 Å². The summed E-state index contributed by atoms with van der Waals surface area (Å²) in [6.07, 6.45) is 3.23. The number of carbonyl (C=O) groups is 5. The van der Waals surface area contributed by atoms with E-state index in [1.54, 1.807) is 12.1 Å². The maximum atomic E-state index is 13.2. The van der Waals surface area contributed by atoms with Gasteiger partial charge in [-0.2, -0.15) is 0 Å². The molecule has 2 aromatic rings. The Bertz CT molecular complexity index is 1640. The largest absolute Gasteiger partial charge is 0.369 e. The third-order valence-corrected chi connectivity index (χ3v) is 11.1. The van der Waals surface area contributed by atoms with Crippen molar-refractivity contribution in [3.05, 3.63) is 53.2 Å². The number of amides is 5. The van der Waals surface area contributed by atoms with Crippen LogP contribution in [0.3, 0.4) is 0 Å². The summed E-state index contributed by atoms with van der Waals surface area (Å²) in [6.45, 7) is 14.2. The van der Waals surface area contributed by atoms with Crippen molar-refractivity contribution in [2.24, 2.45) is 10.8 Å². The third kappa shape index (κ3) is 5.73. The second kappa shape index (κ2) is 12.0. The van der Waals surface area contributed by atoms with Gasteiger partial charge in [-0.25, -0.2) is 4.98 Å². The van der Waals surface area contributed by atoms with Crippen LogP contribution < -0.4 is 20.4 Å². The van der Waals surface area contributed by atoms with Crippen molar-refractivity contribution in [2.45, 2.75) is 77.9 Å². The van der Waals surface area contributed by atoms with Gasteiger partial charge in [-0.3, -0.25) is 39.1 Å². The number of nitrogens with one attached hydrogen (secondary N) is 2. The Morgan fingerprint density at radius 1 is 0.812 bits per heavy atom. The molecule has 0 spiro atoms. The van der Waals surface area contributed by atoms with Gasteiger partial charge in [0.2, 0.25) is 11.8 Å².